The minimum atomic E-state index is -0.814. The van der Waals surface area contributed by atoms with Gasteiger partial charge in [-0.1, -0.05) is 16.1 Å². The maximum atomic E-state index is 12.4. The van der Waals surface area contributed by atoms with E-state index in [2.05, 4.69) is 14.9 Å². The Bertz CT molecular complexity index is 529. The fraction of sp³-hybridized carbons (Fsp3) is 0.600. The topological polar surface area (TPSA) is 84.4 Å². The standard InChI is InChI=1S/C10H11ClN4O3S/c11-7-6(13-14-19-7)5-15-8(16)10(12-9(15)17)1-3-18-4-2-10/h1-5H2,(H,12,17). The lowest BCUT2D eigenvalue weighted by Gasteiger charge is -2.30. The molecule has 0 saturated carbocycles. The van der Waals surface area contributed by atoms with Gasteiger partial charge in [-0.25, -0.2) is 4.79 Å². The van der Waals surface area contributed by atoms with Gasteiger partial charge in [-0.3, -0.25) is 9.69 Å². The predicted octanol–water partition coefficient (Wildman–Crippen LogP) is 0.792. The van der Waals surface area contributed by atoms with E-state index in [9.17, 15) is 9.59 Å². The lowest BCUT2D eigenvalue weighted by Crippen LogP contribution is -2.51. The van der Waals surface area contributed by atoms with Crippen LogP contribution in [0.25, 0.3) is 0 Å². The monoisotopic (exact) mass is 302 g/mol. The van der Waals surface area contributed by atoms with E-state index in [1.54, 1.807) is 0 Å². The van der Waals surface area contributed by atoms with Crippen LogP contribution in [-0.4, -0.2) is 45.2 Å². The van der Waals surface area contributed by atoms with E-state index in [1.807, 2.05) is 0 Å². The highest BCUT2D eigenvalue weighted by Gasteiger charge is 2.51. The number of amides is 3. The predicted molar refractivity (Wildman–Crippen MR) is 66.8 cm³/mol. The highest BCUT2D eigenvalue weighted by molar-refractivity contribution is 7.10. The van der Waals surface area contributed by atoms with Gasteiger partial charge in [0.15, 0.2) is 0 Å². The highest BCUT2D eigenvalue weighted by atomic mass is 35.5. The van der Waals surface area contributed by atoms with Crippen molar-refractivity contribution in [3.63, 3.8) is 0 Å². The van der Waals surface area contributed by atoms with E-state index < -0.39 is 11.6 Å². The molecule has 9 heteroatoms. The fourth-order valence-electron chi connectivity index (χ4n) is 2.32. The Morgan fingerprint density at radius 1 is 1.42 bits per heavy atom. The molecular formula is C10H11ClN4O3S. The number of carbonyl (C=O) groups is 2. The zero-order valence-corrected chi connectivity index (χ0v) is 11.5. The Hall–Kier alpha value is -1.25. The first-order valence-corrected chi connectivity index (χ1v) is 6.96. The summed E-state index contributed by atoms with van der Waals surface area (Å²) in [5.41, 5.74) is -0.370. The summed E-state index contributed by atoms with van der Waals surface area (Å²) in [6.07, 6.45) is 0.994. The van der Waals surface area contributed by atoms with E-state index in [1.165, 1.54) is 0 Å². The van der Waals surface area contributed by atoms with Crippen molar-refractivity contribution >= 4 is 35.1 Å². The SMILES string of the molecule is O=C1NC2(CCOCC2)C(=O)N1Cc1nnsc1Cl. The molecule has 0 unspecified atom stereocenters. The van der Waals surface area contributed by atoms with Crippen LogP contribution >= 0.6 is 23.1 Å². The molecular weight excluding hydrogens is 292 g/mol. The summed E-state index contributed by atoms with van der Waals surface area (Å²) in [6, 6.07) is -0.407. The molecule has 0 bridgehead atoms. The second kappa shape index (κ2) is 4.69. The molecule has 2 saturated heterocycles. The van der Waals surface area contributed by atoms with Gasteiger partial charge in [0.1, 0.15) is 15.6 Å². The first kappa shape index (κ1) is 12.8. The van der Waals surface area contributed by atoms with Gasteiger partial charge >= 0.3 is 6.03 Å². The van der Waals surface area contributed by atoms with Crippen LogP contribution in [0.3, 0.4) is 0 Å². The van der Waals surface area contributed by atoms with E-state index in [4.69, 9.17) is 16.3 Å². The van der Waals surface area contributed by atoms with Crippen molar-refractivity contribution in [2.75, 3.05) is 13.2 Å². The van der Waals surface area contributed by atoms with Gasteiger partial charge in [0.05, 0.1) is 6.54 Å². The van der Waals surface area contributed by atoms with Crippen molar-refractivity contribution in [1.82, 2.24) is 19.8 Å². The molecule has 102 valence electrons. The summed E-state index contributed by atoms with van der Waals surface area (Å²) in [4.78, 5) is 25.5. The number of rotatable bonds is 2. The van der Waals surface area contributed by atoms with Crippen LogP contribution in [0.2, 0.25) is 4.34 Å². The Balaban J connectivity index is 1.81. The number of aromatic nitrogens is 2. The van der Waals surface area contributed by atoms with Crippen LogP contribution < -0.4 is 5.32 Å². The maximum absolute atomic E-state index is 12.4. The number of nitrogens with one attached hydrogen (secondary N) is 1. The average molecular weight is 303 g/mol. The number of halogens is 1. The molecule has 3 amide bonds. The number of carbonyl (C=O) groups excluding carboxylic acids is 2. The quantitative estimate of drug-likeness (QED) is 0.817. The number of urea groups is 1. The average Bonchev–Trinajstić information content (AvgIpc) is 2.89. The molecule has 0 aliphatic carbocycles. The molecule has 1 aromatic rings. The number of hydrogen-bond donors (Lipinski definition) is 1. The molecule has 2 fully saturated rings. The van der Waals surface area contributed by atoms with Crippen molar-refractivity contribution in [2.24, 2.45) is 0 Å². The van der Waals surface area contributed by atoms with E-state index in [-0.39, 0.29) is 12.5 Å². The zero-order valence-electron chi connectivity index (χ0n) is 9.89. The summed E-state index contributed by atoms with van der Waals surface area (Å²) in [5.74, 6) is -0.232. The third-order valence-electron chi connectivity index (χ3n) is 3.41. The number of ether oxygens (including phenoxy) is 1. The van der Waals surface area contributed by atoms with Crippen LogP contribution in [-0.2, 0) is 16.1 Å². The molecule has 2 aliphatic rings. The molecule has 0 atom stereocenters. The summed E-state index contributed by atoms with van der Waals surface area (Å²) in [6.45, 7) is 1.00. The Morgan fingerprint density at radius 2 is 2.16 bits per heavy atom. The second-order valence-corrected chi connectivity index (χ2v) is 5.87. The van der Waals surface area contributed by atoms with E-state index >= 15 is 0 Å². The van der Waals surface area contributed by atoms with Gasteiger partial charge in [-0.15, -0.1) is 5.10 Å². The third-order valence-corrected chi connectivity index (χ3v) is 4.39. The summed E-state index contributed by atoms with van der Waals surface area (Å²) >= 11 is 6.93. The normalized spacial score (nSPS) is 22.1. The first-order valence-electron chi connectivity index (χ1n) is 5.81. The molecule has 2 aliphatic heterocycles. The molecule has 7 nitrogen and oxygen atoms in total. The fourth-order valence-corrected chi connectivity index (χ4v) is 2.93. The number of nitrogens with zero attached hydrogens (tertiary/aromatic N) is 3. The number of imide groups is 1. The molecule has 1 N–H and O–H groups in total. The van der Waals surface area contributed by atoms with Gasteiger partial charge < -0.3 is 10.1 Å². The highest BCUT2D eigenvalue weighted by Crippen LogP contribution is 2.30. The van der Waals surface area contributed by atoms with E-state index in [0.29, 0.717) is 36.1 Å². The van der Waals surface area contributed by atoms with Crippen molar-refractivity contribution in [2.45, 2.75) is 24.9 Å². The molecule has 1 spiro atoms. The van der Waals surface area contributed by atoms with Crippen LogP contribution in [0.15, 0.2) is 0 Å². The van der Waals surface area contributed by atoms with Gasteiger partial charge in [0.2, 0.25) is 0 Å². The molecule has 19 heavy (non-hydrogen) atoms. The summed E-state index contributed by atoms with van der Waals surface area (Å²) < 4.78 is 9.32. The largest absolute Gasteiger partial charge is 0.381 e. The molecule has 0 radical (unpaired) electrons. The first-order chi connectivity index (χ1) is 9.12. The van der Waals surface area contributed by atoms with E-state index in [0.717, 1.165) is 16.4 Å². The van der Waals surface area contributed by atoms with Crippen molar-refractivity contribution in [3.8, 4) is 0 Å². The zero-order chi connectivity index (χ0) is 13.5. The molecule has 0 aromatic carbocycles. The minimum absolute atomic E-state index is 0.0581. The lowest BCUT2D eigenvalue weighted by atomic mass is 9.90. The van der Waals surface area contributed by atoms with Crippen LogP contribution in [0, 0.1) is 0 Å². The van der Waals surface area contributed by atoms with Crippen LogP contribution in [0.1, 0.15) is 18.5 Å². The van der Waals surface area contributed by atoms with Gasteiger partial charge in [0.25, 0.3) is 5.91 Å². The second-order valence-electron chi connectivity index (χ2n) is 4.51. The van der Waals surface area contributed by atoms with Crippen LogP contribution in [0.5, 0.6) is 0 Å². The molecule has 1 aromatic heterocycles. The lowest BCUT2D eigenvalue weighted by molar-refractivity contribution is -0.134. The minimum Gasteiger partial charge on any atom is -0.381 e. The molecule has 3 heterocycles. The summed E-state index contributed by atoms with van der Waals surface area (Å²) in [5, 5.41) is 6.59. The smallest absolute Gasteiger partial charge is 0.325 e. The summed E-state index contributed by atoms with van der Waals surface area (Å²) in [7, 11) is 0. The Labute approximate surface area is 118 Å². The van der Waals surface area contributed by atoms with Gasteiger partial charge in [-0.05, 0) is 0 Å². The van der Waals surface area contributed by atoms with Crippen LogP contribution in [0.4, 0.5) is 4.79 Å². The third kappa shape index (κ3) is 2.09. The number of hydrogen-bond acceptors (Lipinski definition) is 6. The van der Waals surface area contributed by atoms with Crippen molar-refractivity contribution < 1.29 is 14.3 Å². The van der Waals surface area contributed by atoms with Gasteiger partial charge in [-0.2, -0.15) is 0 Å². The maximum Gasteiger partial charge on any atom is 0.325 e. The Kier molecular flexibility index (Phi) is 3.15. The van der Waals surface area contributed by atoms with Crippen molar-refractivity contribution in [1.29, 1.82) is 0 Å². The molecule has 3 rings (SSSR count). The van der Waals surface area contributed by atoms with Gasteiger partial charge in [0, 0.05) is 37.6 Å². The Morgan fingerprint density at radius 3 is 2.79 bits per heavy atom. The van der Waals surface area contributed by atoms with Crippen molar-refractivity contribution in [3.05, 3.63) is 10.0 Å².